The van der Waals surface area contributed by atoms with Crippen molar-refractivity contribution in [3.05, 3.63) is 65.2 Å². The second-order valence-electron chi connectivity index (χ2n) is 10.8. The molecule has 2 aromatic rings. The van der Waals surface area contributed by atoms with Crippen molar-refractivity contribution in [2.75, 3.05) is 17.1 Å². The maximum Gasteiger partial charge on any atom is 0.416 e. The van der Waals surface area contributed by atoms with Crippen LogP contribution >= 0.6 is 0 Å². The molecule has 0 radical (unpaired) electrons. The number of benzene rings is 2. The molecule has 2 aromatic carbocycles. The summed E-state index contributed by atoms with van der Waals surface area (Å²) in [7, 11) is -3.93. The molecule has 0 heterocycles. The van der Waals surface area contributed by atoms with Crippen molar-refractivity contribution in [3.8, 4) is 0 Å². The van der Waals surface area contributed by atoms with E-state index in [4.69, 9.17) is 0 Å². The lowest BCUT2D eigenvalue weighted by Crippen LogP contribution is -2.51. The van der Waals surface area contributed by atoms with E-state index in [0.717, 1.165) is 72.0 Å². The van der Waals surface area contributed by atoms with Crippen molar-refractivity contribution in [2.45, 2.75) is 90.0 Å². The number of anilines is 1. The van der Waals surface area contributed by atoms with Crippen LogP contribution in [0.1, 0.15) is 75.0 Å². The molecule has 11 heteroatoms. The predicted molar refractivity (Wildman–Crippen MR) is 154 cm³/mol. The summed E-state index contributed by atoms with van der Waals surface area (Å²) in [6.45, 7) is 3.81. The molecule has 0 bridgehead atoms. The molecule has 1 fully saturated rings. The van der Waals surface area contributed by atoms with E-state index < -0.39 is 27.8 Å². The Bertz CT molecular complexity index is 1290. The Balaban J connectivity index is 1.78. The fourth-order valence-corrected chi connectivity index (χ4v) is 6.27. The summed E-state index contributed by atoms with van der Waals surface area (Å²) in [6, 6.07) is 11.1. The highest BCUT2D eigenvalue weighted by Crippen LogP contribution is 2.32. The number of nitrogens with one attached hydrogen (secondary N) is 1. The van der Waals surface area contributed by atoms with E-state index in [1.54, 1.807) is 4.90 Å². The molecule has 7 nitrogen and oxygen atoms in total. The SMILES string of the molecule is CC[C@@H](C(=O)NC1CCCCC1)N(Cc1cccc(C)c1)C(=O)CCCN(c1cccc(C(F)(F)F)c1)S(C)(=O)=O. The Morgan fingerprint density at radius 3 is 2.34 bits per heavy atom. The van der Waals surface area contributed by atoms with E-state index in [-0.39, 0.29) is 49.5 Å². The first kappa shape index (κ1) is 32.4. The zero-order valence-electron chi connectivity index (χ0n) is 23.9. The van der Waals surface area contributed by atoms with Gasteiger partial charge in [0.2, 0.25) is 21.8 Å². The van der Waals surface area contributed by atoms with Crippen molar-refractivity contribution in [1.29, 1.82) is 0 Å². The van der Waals surface area contributed by atoms with Crippen molar-refractivity contribution < 1.29 is 31.2 Å². The minimum absolute atomic E-state index is 0.0626. The normalized spacial score (nSPS) is 15.3. The summed E-state index contributed by atoms with van der Waals surface area (Å²) >= 11 is 0. The fraction of sp³-hybridized carbons (Fsp3) is 0.533. The highest BCUT2D eigenvalue weighted by molar-refractivity contribution is 7.92. The van der Waals surface area contributed by atoms with Crippen LogP contribution in [0.4, 0.5) is 18.9 Å². The number of alkyl halides is 3. The Morgan fingerprint density at radius 2 is 1.73 bits per heavy atom. The smallest absolute Gasteiger partial charge is 0.352 e. The van der Waals surface area contributed by atoms with E-state index in [1.165, 1.54) is 6.07 Å². The van der Waals surface area contributed by atoms with E-state index in [9.17, 15) is 31.2 Å². The van der Waals surface area contributed by atoms with Gasteiger partial charge in [-0.15, -0.1) is 0 Å². The van der Waals surface area contributed by atoms with Crippen LogP contribution in [0.2, 0.25) is 0 Å². The summed E-state index contributed by atoms with van der Waals surface area (Å²) in [5, 5.41) is 3.12. The molecule has 226 valence electrons. The number of rotatable bonds is 12. The average molecular weight is 596 g/mol. The number of hydrogen-bond donors (Lipinski definition) is 1. The van der Waals surface area contributed by atoms with Crippen molar-refractivity contribution >= 4 is 27.5 Å². The minimum Gasteiger partial charge on any atom is -0.352 e. The van der Waals surface area contributed by atoms with Crippen molar-refractivity contribution in [1.82, 2.24) is 10.2 Å². The molecule has 0 aliphatic heterocycles. The van der Waals surface area contributed by atoms with E-state index in [1.807, 2.05) is 38.1 Å². The number of sulfonamides is 1. The maximum atomic E-state index is 13.6. The van der Waals surface area contributed by atoms with Gasteiger partial charge in [0.05, 0.1) is 17.5 Å². The van der Waals surface area contributed by atoms with E-state index >= 15 is 0 Å². The molecule has 41 heavy (non-hydrogen) atoms. The lowest BCUT2D eigenvalue weighted by molar-refractivity contribution is -0.141. The van der Waals surface area contributed by atoms with Crippen LogP contribution in [0.5, 0.6) is 0 Å². The molecule has 1 atom stereocenters. The van der Waals surface area contributed by atoms with Crippen LogP contribution in [0.3, 0.4) is 0 Å². The zero-order valence-corrected chi connectivity index (χ0v) is 24.7. The zero-order chi connectivity index (χ0) is 30.2. The molecule has 1 aliphatic carbocycles. The largest absolute Gasteiger partial charge is 0.416 e. The molecule has 2 amide bonds. The van der Waals surface area contributed by atoms with Gasteiger partial charge in [0, 0.05) is 25.6 Å². The first-order valence-corrected chi connectivity index (χ1v) is 15.9. The van der Waals surface area contributed by atoms with Gasteiger partial charge in [-0.2, -0.15) is 13.2 Å². The van der Waals surface area contributed by atoms with Crippen LogP contribution in [-0.4, -0.2) is 50.0 Å². The van der Waals surface area contributed by atoms with Gasteiger partial charge < -0.3 is 10.2 Å². The van der Waals surface area contributed by atoms with Gasteiger partial charge >= 0.3 is 6.18 Å². The Morgan fingerprint density at radius 1 is 1.05 bits per heavy atom. The molecule has 1 N–H and O–H groups in total. The van der Waals surface area contributed by atoms with Gasteiger partial charge in [0.25, 0.3) is 0 Å². The average Bonchev–Trinajstić information content (AvgIpc) is 2.90. The van der Waals surface area contributed by atoms with Gasteiger partial charge in [-0.05, 0) is 56.4 Å². The molecule has 0 spiro atoms. The number of aryl methyl sites for hydroxylation is 1. The Hall–Kier alpha value is -3.08. The van der Waals surface area contributed by atoms with E-state index in [2.05, 4.69) is 5.32 Å². The Kier molecular flexibility index (Phi) is 11.2. The third-order valence-corrected chi connectivity index (χ3v) is 8.58. The number of halogens is 3. The summed E-state index contributed by atoms with van der Waals surface area (Å²) in [4.78, 5) is 28.5. The highest BCUT2D eigenvalue weighted by Gasteiger charge is 2.32. The first-order chi connectivity index (χ1) is 19.3. The molecule has 3 rings (SSSR count). The predicted octanol–water partition coefficient (Wildman–Crippen LogP) is 5.82. The molecular formula is C30H40F3N3O4S. The third kappa shape index (κ3) is 9.48. The lowest BCUT2D eigenvalue weighted by atomic mass is 9.95. The molecule has 1 saturated carbocycles. The van der Waals surface area contributed by atoms with Crippen molar-refractivity contribution in [3.63, 3.8) is 0 Å². The van der Waals surface area contributed by atoms with Crippen molar-refractivity contribution in [2.24, 2.45) is 0 Å². The minimum atomic E-state index is -4.63. The molecule has 0 unspecified atom stereocenters. The van der Waals surface area contributed by atoms with Gasteiger partial charge in [-0.3, -0.25) is 13.9 Å². The molecular weight excluding hydrogens is 555 g/mol. The maximum absolute atomic E-state index is 13.6. The topological polar surface area (TPSA) is 86.8 Å². The third-order valence-electron chi connectivity index (χ3n) is 7.39. The summed E-state index contributed by atoms with van der Waals surface area (Å²) < 4.78 is 65.6. The summed E-state index contributed by atoms with van der Waals surface area (Å²) in [5.74, 6) is -0.531. The number of carbonyl (C=O) groups is 2. The summed E-state index contributed by atoms with van der Waals surface area (Å²) in [5.41, 5.74) is 0.798. The number of hydrogen-bond acceptors (Lipinski definition) is 4. The molecule has 0 saturated heterocycles. The standard InChI is InChI=1S/C30H40F3N3O4S/c1-4-27(29(38)34-25-14-6-5-7-15-25)35(21-23-12-8-11-22(2)19-23)28(37)17-10-18-36(41(3,39)40)26-16-9-13-24(20-26)30(31,32)33/h8-9,11-13,16,19-20,25,27H,4-7,10,14-15,17-18,21H2,1-3H3,(H,34,38)/t27-/m0/s1. The van der Waals surface area contributed by atoms with Gasteiger partial charge in [-0.1, -0.05) is 62.1 Å². The molecule has 0 aromatic heterocycles. The van der Waals surface area contributed by atoms with E-state index in [0.29, 0.717) is 6.42 Å². The number of amides is 2. The Labute approximate surface area is 241 Å². The number of nitrogens with zero attached hydrogens (tertiary/aromatic N) is 2. The van der Waals surface area contributed by atoms with Crippen LogP contribution in [-0.2, 0) is 32.3 Å². The van der Waals surface area contributed by atoms with Crippen LogP contribution < -0.4 is 9.62 Å². The molecule has 1 aliphatic rings. The van der Waals surface area contributed by atoms with Gasteiger partial charge in [0.1, 0.15) is 6.04 Å². The fourth-order valence-electron chi connectivity index (χ4n) is 5.31. The highest BCUT2D eigenvalue weighted by atomic mass is 32.2. The van der Waals surface area contributed by atoms with Gasteiger partial charge in [0.15, 0.2) is 0 Å². The second kappa shape index (κ2) is 14.2. The summed E-state index contributed by atoms with van der Waals surface area (Å²) in [6.07, 6.45) is 1.74. The van der Waals surface area contributed by atoms with Gasteiger partial charge in [-0.25, -0.2) is 8.42 Å². The monoisotopic (exact) mass is 595 g/mol. The first-order valence-electron chi connectivity index (χ1n) is 14.1. The lowest BCUT2D eigenvalue weighted by Gasteiger charge is -2.33. The van der Waals surface area contributed by atoms with Crippen LogP contribution in [0.15, 0.2) is 48.5 Å². The quantitative estimate of drug-likeness (QED) is 0.335. The van der Waals surface area contributed by atoms with Crippen LogP contribution in [0, 0.1) is 6.92 Å². The van der Waals surface area contributed by atoms with Crippen LogP contribution in [0.25, 0.3) is 0 Å². The second-order valence-corrected chi connectivity index (χ2v) is 12.7. The number of carbonyl (C=O) groups excluding carboxylic acids is 2.